The van der Waals surface area contributed by atoms with Gasteiger partial charge >= 0.3 is 51.4 Å². The second kappa shape index (κ2) is 28.3. The molecule has 0 saturated carbocycles. The van der Waals surface area contributed by atoms with Crippen molar-refractivity contribution in [2.45, 2.75) is 162 Å². The molecule has 0 heterocycles. The van der Waals surface area contributed by atoms with E-state index in [-0.39, 0.29) is 57.8 Å². The van der Waals surface area contributed by atoms with Crippen molar-refractivity contribution < 1.29 is 61.3 Å². The smallest absolute Gasteiger partial charge is 0.550 e. The van der Waals surface area contributed by atoms with Crippen LogP contribution in [0.15, 0.2) is 0 Å². The van der Waals surface area contributed by atoms with Crippen LogP contribution in [-0.4, -0.2) is 30.0 Å². The minimum absolute atomic E-state index is 0. The average Bonchev–Trinajstić information content (AvgIpc) is 2.76. The summed E-state index contributed by atoms with van der Waals surface area (Å²) < 4.78 is 0. The van der Waals surface area contributed by atoms with Crippen molar-refractivity contribution in [3.8, 4) is 0 Å². The number of hydrogen-bond donors (Lipinski definition) is 0. The van der Waals surface area contributed by atoms with Crippen LogP contribution in [0, 0.1) is 0 Å². The Bertz CT molecular complexity index is 356. The average molecular weight is 478 g/mol. The van der Waals surface area contributed by atoms with Gasteiger partial charge in [-0.25, -0.2) is 0 Å². The minimum Gasteiger partial charge on any atom is -0.550 e. The second-order valence-corrected chi connectivity index (χ2v) is 9.67. The number of carboxylic acids is 1. The summed E-state index contributed by atoms with van der Waals surface area (Å²) in [7, 11) is 0. The molecular weight excluding hydrogens is 421 g/mol. The summed E-state index contributed by atoms with van der Waals surface area (Å²) in [6.45, 7) is 9.03. The molecule has 0 aromatic rings. The zero-order valence-electron chi connectivity index (χ0n) is 22.6. The van der Waals surface area contributed by atoms with Gasteiger partial charge in [-0.1, -0.05) is 124 Å². The third-order valence-electron chi connectivity index (χ3n) is 6.77. The van der Waals surface area contributed by atoms with Gasteiger partial charge in [0.1, 0.15) is 0 Å². The first-order valence-electron chi connectivity index (χ1n) is 14.1. The van der Waals surface area contributed by atoms with Crippen LogP contribution in [0.3, 0.4) is 0 Å². The molecular formula is C28H56KNO2. The van der Waals surface area contributed by atoms with Crippen molar-refractivity contribution in [1.29, 1.82) is 0 Å². The van der Waals surface area contributed by atoms with Gasteiger partial charge in [0.2, 0.25) is 0 Å². The molecule has 0 rings (SSSR count). The Morgan fingerprint density at radius 3 is 1.28 bits per heavy atom. The van der Waals surface area contributed by atoms with Crippen molar-refractivity contribution in [3.63, 3.8) is 0 Å². The molecule has 0 spiro atoms. The maximum absolute atomic E-state index is 11.0. The molecule has 0 N–H and O–H groups in total. The second-order valence-electron chi connectivity index (χ2n) is 9.67. The predicted octanol–water partition coefficient (Wildman–Crippen LogP) is 4.66. The van der Waals surface area contributed by atoms with Crippen molar-refractivity contribution in [3.05, 3.63) is 0 Å². The molecule has 0 aliphatic rings. The van der Waals surface area contributed by atoms with Crippen LogP contribution in [0.5, 0.6) is 0 Å². The number of rotatable bonds is 25. The van der Waals surface area contributed by atoms with Crippen LogP contribution in [0.25, 0.3) is 0 Å². The Morgan fingerprint density at radius 2 is 0.969 bits per heavy atom. The van der Waals surface area contributed by atoms with E-state index in [0.29, 0.717) is 6.04 Å². The van der Waals surface area contributed by atoms with Crippen LogP contribution < -0.4 is 56.5 Å². The Morgan fingerprint density at radius 1 is 0.625 bits per heavy atom. The molecule has 3 nitrogen and oxygen atoms in total. The maximum atomic E-state index is 11.0. The van der Waals surface area contributed by atoms with E-state index < -0.39 is 5.97 Å². The number of carboxylic acid groups (broad SMARTS) is 1. The summed E-state index contributed by atoms with van der Waals surface area (Å²) in [5.74, 6) is -0.899. The van der Waals surface area contributed by atoms with Gasteiger partial charge in [0, 0.05) is 12.0 Å². The summed E-state index contributed by atoms with van der Waals surface area (Å²) in [4.78, 5) is 13.6. The maximum Gasteiger partial charge on any atom is 1.00 e. The third-order valence-corrected chi connectivity index (χ3v) is 6.77. The fraction of sp³-hybridized carbons (Fsp3) is 0.964. The van der Waals surface area contributed by atoms with E-state index in [1.54, 1.807) is 0 Å². The predicted molar refractivity (Wildman–Crippen MR) is 134 cm³/mol. The number of hydrogen-bond acceptors (Lipinski definition) is 3. The Balaban J connectivity index is 0. The molecule has 0 radical (unpaired) electrons. The number of carbonyl (C=O) groups is 1. The van der Waals surface area contributed by atoms with E-state index in [9.17, 15) is 9.90 Å². The molecule has 0 aromatic heterocycles. The summed E-state index contributed by atoms with van der Waals surface area (Å²) in [6.07, 6.45) is 26.4. The minimum atomic E-state index is -0.899. The Hall–Kier alpha value is 1.07. The van der Waals surface area contributed by atoms with Crippen LogP contribution in [-0.2, 0) is 4.79 Å². The summed E-state index contributed by atoms with van der Waals surface area (Å²) in [5.41, 5.74) is 0. The first-order valence-corrected chi connectivity index (χ1v) is 14.1. The van der Waals surface area contributed by atoms with E-state index in [0.717, 1.165) is 25.9 Å². The van der Waals surface area contributed by atoms with Gasteiger partial charge in [-0.2, -0.15) is 0 Å². The number of carbonyl (C=O) groups excluding carboxylic acids is 1. The van der Waals surface area contributed by atoms with Gasteiger partial charge < -0.3 is 14.8 Å². The molecule has 0 aliphatic heterocycles. The van der Waals surface area contributed by atoms with E-state index >= 15 is 0 Å². The van der Waals surface area contributed by atoms with E-state index in [4.69, 9.17) is 0 Å². The summed E-state index contributed by atoms with van der Waals surface area (Å²) in [5, 5.41) is 11.0. The number of aliphatic carboxylic acids is 1. The van der Waals surface area contributed by atoms with Gasteiger partial charge in [0.15, 0.2) is 0 Å². The number of unbranched alkanes of at least 4 members (excludes halogenated alkanes) is 16. The molecule has 0 fully saturated rings. The van der Waals surface area contributed by atoms with Gasteiger partial charge in [-0.3, -0.25) is 0 Å². The van der Waals surface area contributed by atoms with Crippen molar-refractivity contribution in [2.24, 2.45) is 0 Å². The van der Waals surface area contributed by atoms with Gasteiger partial charge in [-0.15, -0.1) is 0 Å². The van der Waals surface area contributed by atoms with Crippen molar-refractivity contribution in [2.75, 3.05) is 13.1 Å². The SMILES string of the molecule is CCCCCCCCCCCN(CCCCCCCCCCC)C(CC)CCC(=O)[O-].[K+]. The molecule has 1 atom stereocenters. The molecule has 4 heteroatoms. The topological polar surface area (TPSA) is 43.4 Å². The van der Waals surface area contributed by atoms with Crippen molar-refractivity contribution >= 4 is 5.97 Å². The molecule has 0 bridgehead atoms. The Kier molecular flexibility index (Phi) is 31.2. The quantitative estimate of drug-likeness (QED) is 0.142. The first-order chi connectivity index (χ1) is 15.2. The van der Waals surface area contributed by atoms with E-state index in [2.05, 4.69) is 25.7 Å². The van der Waals surface area contributed by atoms with Crippen LogP contribution in [0.4, 0.5) is 0 Å². The first kappa shape index (κ1) is 35.2. The van der Waals surface area contributed by atoms with Crippen LogP contribution in [0.2, 0.25) is 0 Å². The molecule has 186 valence electrons. The van der Waals surface area contributed by atoms with Gasteiger partial charge in [0.05, 0.1) is 0 Å². The zero-order chi connectivity index (χ0) is 23.0. The van der Waals surface area contributed by atoms with Crippen LogP contribution in [0.1, 0.15) is 156 Å². The summed E-state index contributed by atoms with van der Waals surface area (Å²) >= 11 is 0. The summed E-state index contributed by atoms with van der Waals surface area (Å²) in [6, 6.07) is 0.404. The molecule has 1 unspecified atom stereocenters. The zero-order valence-corrected chi connectivity index (χ0v) is 25.7. The van der Waals surface area contributed by atoms with Crippen LogP contribution >= 0.6 is 0 Å². The normalized spacial score (nSPS) is 12.1. The molecule has 32 heavy (non-hydrogen) atoms. The molecule has 0 aliphatic carbocycles. The monoisotopic (exact) mass is 477 g/mol. The van der Waals surface area contributed by atoms with Crippen molar-refractivity contribution in [1.82, 2.24) is 4.90 Å². The van der Waals surface area contributed by atoms with Gasteiger partial charge in [0.25, 0.3) is 0 Å². The molecule has 0 saturated heterocycles. The van der Waals surface area contributed by atoms with E-state index in [1.165, 1.54) is 116 Å². The number of nitrogens with zero attached hydrogens (tertiary/aromatic N) is 1. The van der Waals surface area contributed by atoms with E-state index in [1.807, 2.05) is 0 Å². The fourth-order valence-corrected chi connectivity index (χ4v) is 4.66. The third kappa shape index (κ3) is 24.2. The molecule has 0 amide bonds. The largest absolute Gasteiger partial charge is 1.00 e. The standard InChI is InChI=1S/C28H57NO2.K/c1-4-7-9-11-13-15-17-19-21-25-29(27(6-3)23-24-28(30)31)26-22-20-18-16-14-12-10-8-5-2;/h27H,4-26H2,1-3H3,(H,30,31);/q;+1/p-1. The van der Waals surface area contributed by atoms with Gasteiger partial charge in [-0.05, 0) is 45.2 Å². The fourth-order valence-electron chi connectivity index (χ4n) is 4.66. The Labute approximate surface area is 244 Å². The molecule has 0 aromatic carbocycles.